The average Bonchev–Trinajstić information content (AvgIpc) is 2.84. The van der Waals surface area contributed by atoms with E-state index in [2.05, 4.69) is 15.0 Å². The highest BCUT2D eigenvalue weighted by Gasteiger charge is 2.35. The number of nitriles is 1. The number of rotatable bonds is 5. The number of hydrogen-bond donors (Lipinski definition) is 2. The van der Waals surface area contributed by atoms with E-state index in [9.17, 15) is 15.2 Å². The van der Waals surface area contributed by atoms with Crippen LogP contribution in [0.25, 0.3) is 0 Å². The highest BCUT2D eigenvalue weighted by molar-refractivity contribution is 5.77. The van der Waals surface area contributed by atoms with Crippen LogP contribution in [0.2, 0.25) is 0 Å². The zero-order valence-corrected chi connectivity index (χ0v) is 12.3. The first-order valence-electron chi connectivity index (χ1n) is 6.80. The van der Waals surface area contributed by atoms with E-state index in [4.69, 9.17) is 4.74 Å². The van der Waals surface area contributed by atoms with Crippen molar-refractivity contribution in [2.24, 2.45) is 5.92 Å². The van der Waals surface area contributed by atoms with Crippen LogP contribution in [-0.4, -0.2) is 32.6 Å². The smallest absolute Gasteiger partial charge is 0.324 e. The predicted octanol–water partition coefficient (Wildman–Crippen LogP) is 1.65. The molecule has 2 atom stereocenters. The van der Waals surface area contributed by atoms with Gasteiger partial charge >= 0.3 is 5.97 Å². The van der Waals surface area contributed by atoms with Gasteiger partial charge in [0.2, 0.25) is 5.88 Å². The van der Waals surface area contributed by atoms with Crippen molar-refractivity contribution in [1.29, 1.82) is 5.26 Å². The van der Waals surface area contributed by atoms with Crippen molar-refractivity contribution in [2.45, 2.75) is 19.8 Å². The first kappa shape index (κ1) is 15.5. The van der Waals surface area contributed by atoms with Crippen LogP contribution in [0.1, 0.15) is 29.9 Å². The Hall–Kier alpha value is -2.88. The number of pyridine rings is 1. The molecule has 2 heterocycles. The minimum Gasteiger partial charge on any atom is -0.492 e. The second-order valence-electron chi connectivity index (χ2n) is 4.68. The summed E-state index contributed by atoms with van der Waals surface area (Å²) in [6.45, 7) is 3.52. The number of H-pyrrole nitrogens is 1. The number of imidazole rings is 1. The molecule has 0 saturated carbocycles. The second kappa shape index (κ2) is 6.72. The third-order valence-electron chi connectivity index (χ3n) is 3.20. The highest BCUT2D eigenvalue weighted by atomic mass is 16.5. The third kappa shape index (κ3) is 3.06. The molecule has 114 valence electrons. The third-order valence-corrected chi connectivity index (χ3v) is 3.20. The van der Waals surface area contributed by atoms with Gasteiger partial charge in [0.25, 0.3) is 0 Å². The van der Waals surface area contributed by atoms with E-state index < -0.39 is 17.8 Å². The molecular formula is C15H16N4O3. The van der Waals surface area contributed by atoms with Gasteiger partial charge in [-0.05, 0) is 25.5 Å². The minimum absolute atomic E-state index is 0.171. The molecule has 7 heteroatoms. The standard InChI is InChI=1S/C15H16N4O3/c1-3-22-15(21)11(7-16)12(10-5-4-6-17-8-10)13-14(20)19-9(2)18-13/h4-6,8,11-12,20H,3H2,1-2H3,(H,18,19)/t11-,12+/m1/s1. The molecule has 2 aromatic rings. The molecule has 0 fully saturated rings. The fourth-order valence-electron chi connectivity index (χ4n) is 2.30. The molecule has 7 nitrogen and oxygen atoms in total. The maximum atomic E-state index is 12.1. The number of aryl methyl sites for hydroxylation is 1. The number of aromatic hydroxyl groups is 1. The summed E-state index contributed by atoms with van der Waals surface area (Å²) in [5.41, 5.74) is 0.908. The normalized spacial score (nSPS) is 13.1. The number of ether oxygens (including phenoxy) is 1. The lowest BCUT2D eigenvalue weighted by atomic mass is 9.85. The lowest BCUT2D eigenvalue weighted by Crippen LogP contribution is -2.24. The Morgan fingerprint density at radius 2 is 2.36 bits per heavy atom. The average molecular weight is 300 g/mol. The molecule has 2 N–H and O–H groups in total. The molecule has 0 spiro atoms. The Kier molecular flexibility index (Phi) is 4.73. The Morgan fingerprint density at radius 3 is 2.86 bits per heavy atom. The number of hydrogen-bond acceptors (Lipinski definition) is 6. The van der Waals surface area contributed by atoms with Crippen LogP contribution in [0.15, 0.2) is 24.5 Å². The van der Waals surface area contributed by atoms with Crippen LogP contribution in [0.3, 0.4) is 0 Å². The number of nitrogens with zero attached hydrogens (tertiary/aromatic N) is 3. The van der Waals surface area contributed by atoms with Crippen molar-refractivity contribution in [2.75, 3.05) is 6.61 Å². The molecule has 2 rings (SSSR count). The minimum atomic E-state index is -1.12. The topological polar surface area (TPSA) is 112 Å². The van der Waals surface area contributed by atoms with Gasteiger partial charge in [0, 0.05) is 12.4 Å². The second-order valence-corrected chi connectivity index (χ2v) is 4.68. The predicted molar refractivity (Wildman–Crippen MR) is 76.8 cm³/mol. The largest absolute Gasteiger partial charge is 0.492 e. The zero-order chi connectivity index (χ0) is 16.1. The maximum absolute atomic E-state index is 12.1. The summed E-state index contributed by atoms with van der Waals surface area (Å²) in [5.74, 6) is -2.25. The van der Waals surface area contributed by atoms with Crippen LogP contribution >= 0.6 is 0 Å². The monoisotopic (exact) mass is 300 g/mol. The van der Waals surface area contributed by atoms with Gasteiger partial charge in [0.05, 0.1) is 24.3 Å². The number of nitrogens with one attached hydrogen (secondary N) is 1. The van der Waals surface area contributed by atoms with Crippen LogP contribution in [-0.2, 0) is 9.53 Å². The van der Waals surface area contributed by atoms with Crippen molar-refractivity contribution < 1.29 is 14.6 Å². The lowest BCUT2D eigenvalue weighted by molar-refractivity contribution is -0.146. The van der Waals surface area contributed by atoms with E-state index in [1.54, 1.807) is 38.4 Å². The van der Waals surface area contributed by atoms with Gasteiger partial charge in [0.15, 0.2) is 5.92 Å². The Balaban J connectivity index is 2.53. The number of esters is 1. The van der Waals surface area contributed by atoms with E-state index in [-0.39, 0.29) is 12.5 Å². The summed E-state index contributed by atoms with van der Waals surface area (Å²) < 4.78 is 4.97. The van der Waals surface area contributed by atoms with E-state index in [0.29, 0.717) is 17.1 Å². The van der Waals surface area contributed by atoms with Crippen molar-refractivity contribution in [3.8, 4) is 11.9 Å². The molecular weight excluding hydrogens is 284 g/mol. The van der Waals surface area contributed by atoms with Gasteiger partial charge < -0.3 is 14.8 Å². The molecule has 22 heavy (non-hydrogen) atoms. The van der Waals surface area contributed by atoms with Crippen molar-refractivity contribution in [3.05, 3.63) is 41.6 Å². The van der Waals surface area contributed by atoms with Crippen molar-refractivity contribution >= 4 is 5.97 Å². The Labute approximate surface area is 127 Å². The zero-order valence-electron chi connectivity index (χ0n) is 12.3. The van der Waals surface area contributed by atoms with Gasteiger partial charge in [-0.25, -0.2) is 0 Å². The van der Waals surface area contributed by atoms with Crippen LogP contribution in [0, 0.1) is 24.2 Å². The first-order valence-corrected chi connectivity index (χ1v) is 6.80. The summed E-state index contributed by atoms with van der Waals surface area (Å²) in [6, 6.07) is 5.39. The van der Waals surface area contributed by atoms with Gasteiger partial charge in [-0.2, -0.15) is 10.2 Å². The Morgan fingerprint density at radius 1 is 1.59 bits per heavy atom. The summed E-state index contributed by atoms with van der Waals surface area (Å²) in [7, 11) is 0. The maximum Gasteiger partial charge on any atom is 0.324 e. The van der Waals surface area contributed by atoms with E-state index in [1.165, 1.54) is 0 Å². The van der Waals surface area contributed by atoms with Crippen molar-refractivity contribution in [3.63, 3.8) is 0 Å². The molecule has 0 unspecified atom stereocenters. The number of aromatic amines is 1. The summed E-state index contributed by atoms with van der Waals surface area (Å²) >= 11 is 0. The SMILES string of the molecule is CCOC(=O)[C@H](C#N)[C@H](c1cccnc1)c1[nH]c(C)nc1O. The summed E-state index contributed by atoms with van der Waals surface area (Å²) in [5, 5.41) is 19.4. The van der Waals surface area contributed by atoms with E-state index in [1.807, 2.05) is 6.07 Å². The van der Waals surface area contributed by atoms with Gasteiger partial charge in [-0.3, -0.25) is 9.78 Å². The molecule has 2 aromatic heterocycles. The van der Waals surface area contributed by atoms with E-state index in [0.717, 1.165) is 0 Å². The molecule has 0 aliphatic rings. The molecule has 0 amide bonds. The molecule has 0 aromatic carbocycles. The molecule has 0 saturated heterocycles. The van der Waals surface area contributed by atoms with Crippen LogP contribution in [0.5, 0.6) is 5.88 Å². The number of carbonyl (C=O) groups is 1. The van der Waals surface area contributed by atoms with Crippen LogP contribution in [0.4, 0.5) is 0 Å². The van der Waals surface area contributed by atoms with Gasteiger partial charge in [-0.1, -0.05) is 6.07 Å². The fraction of sp³-hybridized carbons (Fsp3) is 0.333. The Bertz CT molecular complexity index is 691. The molecule has 0 bridgehead atoms. The summed E-state index contributed by atoms with van der Waals surface area (Å²) in [6.07, 6.45) is 3.13. The van der Waals surface area contributed by atoms with Crippen molar-refractivity contribution in [1.82, 2.24) is 15.0 Å². The lowest BCUT2D eigenvalue weighted by Gasteiger charge is -2.19. The van der Waals surface area contributed by atoms with Gasteiger partial charge in [0.1, 0.15) is 5.82 Å². The molecule has 0 aliphatic carbocycles. The highest BCUT2D eigenvalue weighted by Crippen LogP contribution is 2.35. The quantitative estimate of drug-likeness (QED) is 0.812. The number of aromatic nitrogens is 3. The molecule has 0 aliphatic heterocycles. The molecule has 0 radical (unpaired) electrons. The number of carbonyl (C=O) groups excluding carboxylic acids is 1. The van der Waals surface area contributed by atoms with Gasteiger partial charge in [-0.15, -0.1) is 0 Å². The van der Waals surface area contributed by atoms with E-state index >= 15 is 0 Å². The summed E-state index contributed by atoms with van der Waals surface area (Å²) in [4.78, 5) is 22.9. The fourth-order valence-corrected chi connectivity index (χ4v) is 2.30. The van der Waals surface area contributed by atoms with Crippen LogP contribution < -0.4 is 0 Å². The first-order chi connectivity index (χ1) is 10.6.